The molecule has 15 heavy (non-hydrogen) atoms. The van der Waals surface area contributed by atoms with Crippen molar-refractivity contribution in [3.8, 4) is 0 Å². The van der Waals surface area contributed by atoms with E-state index in [9.17, 15) is 0 Å². The third-order valence-electron chi connectivity index (χ3n) is 2.92. The van der Waals surface area contributed by atoms with Crippen LogP contribution in [0.4, 0.5) is 0 Å². The molecule has 0 aliphatic heterocycles. The summed E-state index contributed by atoms with van der Waals surface area (Å²) in [5.74, 6) is 0.834. The van der Waals surface area contributed by atoms with Crippen LogP contribution in [0.5, 0.6) is 0 Å². The molecule has 0 amide bonds. The first-order valence-electron chi connectivity index (χ1n) is 6.57. The van der Waals surface area contributed by atoms with Gasteiger partial charge in [0.05, 0.1) is 0 Å². The van der Waals surface area contributed by atoms with E-state index in [1.807, 2.05) is 0 Å². The molecule has 0 aromatic heterocycles. The summed E-state index contributed by atoms with van der Waals surface area (Å²) in [4.78, 5) is 0. The van der Waals surface area contributed by atoms with E-state index in [0.29, 0.717) is 0 Å². The predicted molar refractivity (Wildman–Crippen MR) is 71.1 cm³/mol. The Labute approximate surface area is 96.5 Å². The molecule has 0 rings (SSSR count). The third kappa shape index (κ3) is 9.78. The van der Waals surface area contributed by atoms with Gasteiger partial charge in [-0.25, -0.2) is 0 Å². The zero-order valence-electron chi connectivity index (χ0n) is 10.7. The summed E-state index contributed by atoms with van der Waals surface area (Å²) in [5, 5.41) is 0. The van der Waals surface area contributed by atoms with Crippen molar-refractivity contribution >= 4 is 0 Å². The maximum absolute atomic E-state index is 3.84. The van der Waals surface area contributed by atoms with Crippen molar-refractivity contribution in [3.63, 3.8) is 0 Å². The molecule has 0 aliphatic carbocycles. The Morgan fingerprint density at radius 3 is 2.40 bits per heavy atom. The lowest BCUT2D eigenvalue weighted by Crippen LogP contribution is -1.97. The summed E-state index contributed by atoms with van der Waals surface area (Å²) >= 11 is 0. The molecule has 0 fully saturated rings. The molecule has 0 aromatic rings. The normalized spacial score (nSPS) is 13.2. The first-order valence-corrected chi connectivity index (χ1v) is 6.57. The fourth-order valence-electron chi connectivity index (χ4n) is 1.93. The van der Waals surface area contributed by atoms with E-state index in [0.717, 1.165) is 5.92 Å². The van der Waals surface area contributed by atoms with E-state index in [1.165, 1.54) is 51.4 Å². The van der Waals surface area contributed by atoms with Gasteiger partial charge >= 0.3 is 0 Å². The molecule has 0 saturated carbocycles. The summed E-state index contributed by atoms with van der Waals surface area (Å²) in [6.07, 6.45) is 17.3. The smallest absolute Gasteiger partial charge is 0.0319 e. The van der Waals surface area contributed by atoms with Crippen LogP contribution in [0.1, 0.15) is 65.2 Å². The Bertz CT molecular complexity index is 155. The van der Waals surface area contributed by atoms with Gasteiger partial charge < -0.3 is 0 Å². The highest BCUT2D eigenvalue weighted by Gasteiger charge is 2.04. The summed E-state index contributed by atoms with van der Waals surface area (Å²) in [7, 11) is 0. The molecular formula is C15H28. The Kier molecular flexibility index (Phi) is 11.2. The minimum atomic E-state index is 0.834. The lowest BCUT2D eigenvalue weighted by atomic mass is 9.94. The van der Waals surface area contributed by atoms with Crippen LogP contribution in [0.3, 0.4) is 0 Å². The number of rotatable bonds is 10. The van der Waals surface area contributed by atoms with Crippen molar-refractivity contribution < 1.29 is 0 Å². The predicted octanol–water partition coefficient (Wildman–Crippen LogP) is 5.51. The molecule has 0 aromatic carbocycles. The SMILES string of the molecule is C=CCC(C/C=C/C)CCCCCCC. The molecule has 1 unspecified atom stereocenters. The Balaban J connectivity index is 3.51. The van der Waals surface area contributed by atoms with Crippen molar-refractivity contribution in [1.29, 1.82) is 0 Å². The van der Waals surface area contributed by atoms with Gasteiger partial charge in [0.2, 0.25) is 0 Å². The van der Waals surface area contributed by atoms with Gasteiger partial charge in [-0.05, 0) is 32.1 Å². The second kappa shape index (κ2) is 11.6. The average molecular weight is 208 g/mol. The second-order valence-electron chi connectivity index (χ2n) is 4.40. The zero-order valence-corrected chi connectivity index (χ0v) is 10.7. The molecule has 88 valence electrons. The number of allylic oxidation sites excluding steroid dienone is 3. The molecule has 0 N–H and O–H groups in total. The fourth-order valence-corrected chi connectivity index (χ4v) is 1.93. The van der Waals surface area contributed by atoms with E-state index in [2.05, 4.69) is 38.7 Å². The molecule has 0 heterocycles. The van der Waals surface area contributed by atoms with Crippen molar-refractivity contribution in [2.24, 2.45) is 5.92 Å². The number of unbranched alkanes of at least 4 members (excludes halogenated alkanes) is 4. The van der Waals surface area contributed by atoms with Crippen LogP contribution in [0.2, 0.25) is 0 Å². The van der Waals surface area contributed by atoms with Gasteiger partial charge in [0.25, 0.3) is 0 Å². The summed E-state index contributed by atoms with van der Waals surface area (Å²) < 4.78 is 0. The molecule has 0 radical (unpaired) electrons. The number of hydrogen-bond acceptors (Lipinski definition) is 0. The van der Waals surface area contributed by atoms with Crippen LogP contribution in [-0.2, 0) is 0 Å². The van der Waals surface area contributed by atoms with E-state index >= 15 is 0 Å². The van der Waals surface area contributed by atoms with E-state index in [-0.39, 0.29) is 0 Å². The van der Waals surface area contributed by atoms with Crippen LogP contribution < -0.4 is 0 Å². The quantitative estimate of drug-likeness (QED) is 0.328. The van der Waals surface area contributed by atoms with Gasteiger partial charge in [-0.15, -0.1) is 6.58 Å². The zero-order chi connectivity index (χ0) is 11.4. The number of hydrogen-bond donors (Lipinski definition) is 0. The van der Waals surface area contributed by atoms with Crippen LogP contribution in [0.25, 0.3) is 0 Å². The summed E-state index contributed by atoms with van der Waals surface area (Å²) in [6.45, 7) is 8.22. The first-order chi connectivity index (χ1) is 7.35. The second-order valence-corrected chi connectivity index (χ2v) is 4.40. The molecule has 0 aliphatic rings. The fraction of sp³-hybridized carbons (Fsp3) is 0.733. The van der Waals surface area contributed by atoms with Gasteiger partial charge in [0.15, 0.2) is 0 Å². The first kappa shape index (κ1) is 14.5. The summed E-state index contributed by atoms with van der Waals surface area (Å²) in [6, 6.07) is 0. The van der Waals surface area contributed by atoms with Gasteiger partial charge in [-0.1, -0.05) is 57.3 Å². The van der Waals surface area contributed by atoms with E-state index in [4.69, 9.17) is 0 Å². The maximum atomic E-state index is 3.84. The van der Waals surface area contributed by atoms with E-state index < -0.39 is 0 Å². The summed E-state index contributed by atoms with van der Waals surface area (Å²) in [5.41, 5.74) is 0. The highest BCUT2D eigenvalue weighted by Crippen LogP contribution is 2.19. The molecule has 1 atom stereocenters. The lowest BCUT2D eigenvalue weighted by molar-refractivity contribution is 0.460. The van der Waals surface area contributed by atoms with Crippen molar-refractivity contribution in [3.05, 3.63) is 24.8 Å². The van der Waals surface area contributed by atoms with Gasteiger partial charge in [0, 0.05) is 0 Å². The van der Waals surface area contributed by atoms with Crippen molar-refractivity contribution in [2.45, 2.75) is 65.2 Å². The Hall–Kier alpha value is -0.520. The standard InChI is InChI=1S/C15H28/c1-4-7-9-10-11-14-15(12-6-3)13-8-5-2/h5-6,8,15H,3-4,7,9-14H2,1-2H3/b8-5+. The molecule has 0 heteroatoms. The van der Waals surface area contributed by atoms with Gasteiger partial charge in [-0.3, -0.25) is 0 Å². The molecular weight excluding hydrogens is 180 g/mol. The largest absolute Gasteiger partial charge is 0.103 e. The molecule has 0 bridgehead atoms. The monoisotopic (exact) mass is 208 g/mol. The minimum absolute atomic E-state index is 0.834. The minimum Gasteiger partial charge on any atom is -0.103 e. The van der Waals surface area contributed by atoms with Gasteiger partial charge in [-0.2, -0.15) is 0 Å². The highest BCUT2D eigenvalue weighted by atomic mass is 14.1. The van der Waals surface area contributed by atoms with Crippen molar-refractivity contribution in [2.75, 3.05) is 0 Å². The maximum Gasteiger partial charge on any atom is -0.0319 e. The van der Waals surface area contributed by atoms with Crippen LogP contribution >= 0.6 is 0 Å². The molecule has 0 spiro atoms. The van der Waals surface area contributed by atoms with E-state index in [1.54, 1.807) is 0 Å². The topological polar surface area (TPSA) is 0 Å². The van der Waals surface area contributed by atoms with Crippen LogP contribution in [0, 0.1) is 5.92 Å². The van der Waals surface area contributed by atoms with Crippen LogP contribution in [0.15, 0.2) is 24.8 Å². The van der Waals surface area contributed by atoms with Crippen LogP contribution in [-0.4, -0.2) is 0 Å². The molecule has 0 saturated heterocycles. The highest BCUT2D eigenvalue weighted by molar-refractivity contribution is 4.83. The third-order valence-corrected chi connectivity index (χ3v) is 2.92. The Morgan fingerprint density at radius 1 is 1.07 bits per heavy atom. The van der Waals surface area contributed by atoms with Crippen molar-refractivity contribution in [1.82, 2.24) is 0 Å². The Morgan fingerprint density at radius 2 is 1.80 bits per heavy atom. The molecule has 0 nitrogen and oxygen atoms in total. The lowest BCUT2D eigenvalue weighted by Gasteiger charge is -2.12. The van der Waals surface area contributed by atoms with Gasteiger partial charge in [0.1, 0.15) is 0 Å². The average Bonchev–Trinajstić information content (AvgIpc) is 2.25.